The van der Waals surface area contributed by atoms with E-state index in [4.69, 9.17) is 0 Å². The van der Waals surface area contributed by atoms with Gasteiger partial charge in [0.25, 0.3) is 5.91 Å². The highest BCUT2D eigenvalue weighted by Gasteiger charge is 2.05. The number of unbranched alkanes of at least 4 members (excludes halogenated alkanes) is 3. The fraction of sp³-hybridized carbons (Fsp3) is 0.600. The molecular formula is C15H24N2O2. The lowest BCUT2D eigenvalue weighted by Gasteiger charge is -2.06. The highest BCUT2D eigenvalue weighted by molar-refractivity contribution is 5.93. The van der Waals surface area contributed by atoms with Crippen LogP contribution in [-0.4, -0.2) is 12.5 Å². The lowest BCUT2D eigenvalue weighted by Crippen LogP contribution is -2.28. The van der Waals surface area contributed by atoms with Gasteiger partial charge >= 0.3 is 0 Å². The fourth-order valence-electron chi connectivity index (χ4n) is 1.90. The smallest absolute Gasteiger partial charge is 0.251 e. The van der Waals surface area contributed by atoms with Gasteiger partial charge in [-0.1, -0.05) is 39.5 Å². The van der Waals surface area contributed by atoms with Crippen molar-refractivity contribution in [2.75, 3.05) is 6.54 Å². The normalized spacial score (nSPS) is 10.7. The number of carbonyl (C=O) groups excluding carboxylic acids is 1. The molecule has 0 aliphatic rings. The number of rotatable bonds is 8. The van der Waals surface area contributed by atoms with E-state index in [0.717, 1.165) is 18.8 Å². The summed E-state index contributed by atoms with van der Waals surface area (Å²) in [5.74, 6) is 0.671. The standard InChI is InChI=1S/C15H24N2O2/c1-13(2)7-5-3-4-6-10-16-15(18)14-8-11-17(19)12-9-14/h8-9,11-13H,3-7,10H2,1-2H3,(H,16,18). The van der Waals surface area contributed by atoms with Crippen LogP contribution < -0.4 is 10.0 Å². The molecule has 0 atom stereocenters. The van der Waals surface area contributed by atoms with E-state index in [1.807, 2.05) is 0 Å². The molecular weight excluding hydrogens is 240 g/mol. The van der Waals surface area contributed by atoms with Crippen molar-refractivity contribution in [3.05, 3.63) is 35.3 Å². The molecule has 1 aromatic heterocycles. The van der Waals surface area contributed by atoms with Crippen LogP contribution in [0.4, 0.5) is 0 Å². The van der Waals surface area contributed by atoms with Gasteiger partial charge in [0.1, 0.15) is 0 Å². The molecule has 1 rings (SSSR count). The first-order chi connectivity index (χ1) is 9.09. The quantitative estimate of drug-likeness (QED) is 0.446. The van der Waals surface area contributed by atoms with E-state index in [9.17, 15) is 10.0 Å². The van der Waals surface area contributed by atoms with Crippen LogP contribution in [0.2, 0.25) is 0 Å². The van der Waals surface area contributed by atoms with Gasteiger partial charge in [-0.05, 0) is 12.3 Å². The predicted octanol–water partition coefficient (Wildman–Crippen LogP) is 2.66. The minimum atomic E-state index is -0.109. The summed E-state index contributed by atoms with van der Waals surface area (Å²) in [5, 5.41) is 13.7. The summed E-state index contributed by atoms with van der Waals surface area (Å²) >= 11 is 0. The second-order valence-electron chi connectivity index (χ2n) is 5.30. The van der Waals surface area contributed by atoms with Crippen LogP contribution in [0.5, 0.6) is 0 Å². The van der Waals surface area contributed by atoms with Crippen molar-refractivity contribution in [2.24, 2.45) is 5.92 Å². The maximum absolute atomic E-state index is 11.7. The minimum Gasteiger partial charge on any atom is -0.619 e. The molecule has 0 saturated heterocycles. The highest BCUT2D eigenvalue weighted by atomic mass is 16.5. The Labute approximate surface area is 115 Å². The van der Waals surface area contributed by atoms with Gasteiger partial charge in [0.15, 0.2) is 12.4 Å². The second kappa shape index (κ2) is 8.51. The summed E-state index contributed by atoms with van der Waals surface area (Å²) in [6, 6.07) is 3.07. The largest absolute Gasteiger partial charge is 0.619 e. The zero-order valence-corrected chi connectivity index (χ0v) is 11.9. The van der Waals surface area contributed by atoms with E-state index in [-0.39, 0.29) is 5.91 Å². The summed E-state index contributed by atoms with van der Waals surface area (Å²) in [6.07, 6.45) is 8.62. The molecule has 0 fully saturated rings. The molecule has 1 aromatic rings. The van der Waals surface area contributed by atoms with Gasteiger partial charge in [0, 0.05) is 18.7 Å². The summed E-state index contributed by atoms with van der Waals surface area (Å²) in [4.78, 5) is 11.7. The molecule has 0 aromatic carbocycles. The molecule has 0 radical (unpaired) electrons. The summed E-state index contributed by atoms with van der Waals surface area (Å²) in [6.45, 7) is 5.18. The number of nitrogens with zero attached hydrogens (tertiary/aromatic N) is 1. The number of pyridine rings is 1. The van der Waals surface area contributed by atoms with Gasteiger partial charge in [0.2, 0.25) is 0 Å². The number of amides is 1. The van der Waals surface area contributed by atoms with Crippen LogP contribution in [-0.2, 0) is 0 Å². The monoisotopic (exact) mass is 264 g/mol. The number of carbonyl (C=O) groups is 1. The van der Waals surface area contributed by atoms with Crippen molar-refractivity contribution in [1.82, 2.24) is 5.32 Å². The van der Waals surface area contributed by atoms with Crippen molar-refractivity contribution in [2.45, 2.75) is 46.0 Å². The molecule has 0 bridgehead atoms. The molecule has 1 N–H and O–H groups in total. The van der Waals surface area contributed by atoms with Crippen LogP contribution in [0.25, 0.3) is 0 Å². The Morgan fingerprint density at radius 2 is 1.84 bits per heavy atom. The van der Waals surface area contributed by atoms with Crippen molar-refractivity contribution < 1.29 is 9.52 Å². The van der Waals surface area contributed by atoms with Crippen LogP contribution in [0.15, 0.2) is 24.5 Å². The third-order valence-corrected chi connectivity index (χ3v) is 3.06. The van der Waals surface area contributed by atoms with E-state index >= 15 is 0 Å². The highest BCUT2D eigenvalue weighted by Crippen LogP contribution is 2.09. The molecule has 106 valence electrons. The number of hydrogen-bond donors (Lipinski definition) is 1. The summed E-state index contributed by atoms with van der Waals surface area (Å²) < 4.78 is 0.672. The van der Waals surface area contributed by atoms with E-state index < -0.39 is 0 Å². The van der Waals surface area contributed by atoms with E-state index in [1.165, 1.54) is 43.8 Å². The summed E-state index contributed by atoms with van der Waals surface area (Å²) in [5.41, 5.74) is 0.534. The Balaban J connectivity index is 2.09. The first-order valence-electron chi connectivity index (χ1n) is 7.06. The van der Waals surface area contributed by atoms with Crippen LogP contribution >= 0.6 is 0 Å². The van der Waals surface area contributed by atoms with Gasteiger partial charge in [-0.3, -0.25) is 4.79 Å². The van der Waals surface area contributed by atoms with Crippen molar-refractivity contribution >= 4 is 5.91 Å². The van der Waals surface area contributed by atoms with Crippen molar-refractivity contribution in [3.63, 3.8) is 0 Å². The second-order valence-corrected chi connectivity index (χ2v) is 5.30. The molecule has 0 saturated carbocycles. The van der Waals surface area contributed by atoms with Crippen LogP contribution in [0.3, 0.4) is 0 Å². The fourth-order valence-corrected chi connectivity index (χ4v) is 1.90. The Morgan fingerprint density at radius 3 is 2.47 bits per heavy atom. The Bertz CT molecular complexity index is 374. The van der Waals surface area contributed by atoms with E-state index in [1.54, 1.807) is 0 Å². The van der Waals surface area contributed by atoms with Crippen LogP contribution in [0.1, 0.15) is 56.3 Å². The zero-order chi connectivity index (χ0) is 14.1. The molecule has 0 aliphatic carbocycles. The van der Waals surface area contributed by atoms with Gasteiger partial charge in [-0.15, -0.1) is 0 Å². The van der Waals surface area contributed by atoms with Gasteiger partial charge in [-0.25, -0.2) is 0 Å². The first kappa shape index (κ1) is 15.5. The number of hydrogen-bond acceptors (Lipinski definition) is 2. The summed E-state index contributed by atoms with van der Waals surface area (Å²) in [7, 11) is 0. The van der Waals surface area contributed by atoms with Crippen LogP contribution in [0, 0.1) is 11.1 Å². The van der Waals surface area contributed by atoms with Crippen molar-refractivity contribution in [1.29, 1.82) is 0 Å². The van der Waals surface area contributed by atoms with E-state index in [2.05, 4.69) is 19.2 Å². The molecule has 19 heavy (non-hydrogen) atoms. The Morgan fingerprint density at radius 1 is 1.21 bits per heavy atom. The Hall–Kier alpha value is -1.58. The lowest BCUT2D eigenvalue weighted by molar-refractivity contribution is -0.605. The predicted molar refractivity (Wildman–Crippen MR) is 75.7 cm³/mol. The third kappa shape index (κ3) is 6.79. The molecule has 4 heteroatoms. The molecule has 1 amide bonds. The molecule has 0 unspecified atom stereocenters. The van der Waals surface area contributed by atoms with Gasteiger partial charge < -0.3 is 10.5 Å². The van der Waals surface area contributed by atoms with Gasteiger partial charge in [-0.2, -0.15) is 4.73 Å². The molecule has 4 nitrogen and oxygen atoms in total. The third-order valence-electron chi connectivity index (χ3n) is 3.06. The molecule has 1 heterocycles. The average Bonchev–Trinajstić information content (AvgIpc) is 2.38. The topological polar surface area (TPSA) is 56.0 Å². The number of aromatic nitrogens is 1. The van der Waals surface area contributed by atoms with Crippen molar-refractivity contribution in [3.8, 4) is 0 Å². The molecule has 0 spiro atoms. The zero-order valence-electron chi connectivity index (χ0n) is 11.9. The number of nitrogens with one attached hydrogen (secondary N) is 1. The molecule has 0 aliphatic heterocycles. The van der Waals surface area contributed by atoms with Gasteiger partial charge in [0.05, 0.1) is 5.56 Å². The minimum absolute atomic E-state index is 0.109. The Kier molecular flexibility index (Phi) is 6.93. The SMILES string of the molecule is CC(C)CCCCCCNC(=O)c1cc[n+]([O-])cc1. The average molecular weight is 264 g/mol. The maximum atomic E-state index is 11.7. The maximum Gasteiger partial charge on any atom is 0.251 e. The first-order valence-corrected chi connectivity index (χ1v) is 7.06. The van der Waals surface area contributed by atoms with E-state index in [0.29, 0.717) is 16.8 Å². The lowest BCUT2D eigenvalue weighted by atomic mass is 10.0.